The fourth-order valence-electron chi connectivity index (χ4n) is 2.67. The van der Waals surface area contributed by atoms with Crippen molar-refractivity contribution in [2.45, 2.75) is 31.4 Å². The highest BCUT2D eigenvalue weighted by Gasteiger charge is 2.10. The molecule has 0 fully saturated rings. The van der Waals surface area contributed by atoms with Crippen molar-refractivity contribution in [3.63, 3.8) is 0 Å². The van der Waals surface area contributed by atoms with Crippen LogP contribution in [0.2, 0.25) is 0 Å². The molecule has 0 aliphatic rings. The van der Waals surface area contributed by atoms with Crippen molar-refractivity contribution in [1.82, 2.24) is 19.6 Å². The molecule has 0 spiro atoms. The van der Waals surface area contributed by atoms with Gasteiger partial charge in [-0.25, -0.2) is 4.98 Å². The molecule has 28 heavy (non-hydrogen) atoms. The highest BCUT2D eigenvalue weighted by molar-refractivity contribution is 7.98. The number of nitrogens with zero attached hydrogens (tertiary/aromatic N) is 4. The molecule has 0 aliphatic heterocycles. The lowest BCUT2D eigenvalue weighted by atomic mass is 10.1. The van der Waals surface area contributed by atoms with Crippen molar-refractivity contribution in [2.24, 2.45) is 0 Å². The topological polar surface area (TPSA) is 82.5 Å². The number of rotatable bonds is 6. The molecule has 8 heteroatoms. The third kappa shape index (κ3) is 4.07. The number of fused-ring (bicyclic) bond motifs is 1. The van der Waals surface area contributed by atoms with Gasteiger partial charge in [0.25, 0.3) is 16.7 Å². The van der Waals surface area contributed by atoms with Crippen LogP contribution in [0.25, 0.3) is 5.65 Å². The Balaban J connectivity index is 1.40. The lowest BCUT2D eigenvalue weighted by Gasteiger charge is -2.07. The number of pyridine rings is 1. The molecular formula is C20H18N4O3S. The van der Waals surface area contributed by atoms with Crippen molar-refractivity contribution in [2.75, 3.05) is 0 Å². The zero-order valence-corrected chi connectivity index (χ0v) is 16.3. The van der Waals surface area contributed by atoms with Crippen LogP contribution in [0.15, 0.2) is 63.1 Å². The third-order valence-electron chi connectivity index (χ3n) is 4.11. The summed E-state index contributed by atoms with van der Waals surface area (Å²) in [6.45, 7) is 4.21. The molecule has 3 aromatic heterocycles. The van der Waals surface area contributed by atoms with Crippen LogP contribution < -0.4 is 10.3 Å². The van der Waals surface area contributed by atoms with Gasteiger partial charge >= 0.3 is 0 Å². The van der Waals surface area contributed by atoms with E-state index in [1.54, 1.807) is 18.3 Å². The summed E-state index contributed by atoms with van der Waals surface area (Å²) < 4.78 is 12.9. The molecule has 142 valence electrons. The number of thioether (sulfide) groups is 1. The zero-order chi connectivity index (χ0) is 19.5. The molecule has 4 aromatic rings. The van der Waals surface area contributed by atoms with Gasteiger partial charge in [0.2, 0.25) is 0 Å². The fraction of sp³-hybridized carbons (Fsp3) is 0.200. The van der Waals surface area contributed by atoms with E-state index in [2.05, 4.69) is 15.2 Å². The highest BCUT2D eigenvalue weighted by Crippen LogP contribution is 2.23. The van der Waals surface area contributed by atoms with E-state index in [1.807, 2.05) is 38.1 Å². The van der Waals surface area contributed by atoms with Crippen LogP contribution in [0.4, 0.5) is 0 Å². The summed E-state index contributed by atoms with van der Waals surface area (Å²) in [7, 11) is 0. The van der Waals surface area contributed by atoms with Gasteiger partial charge in [0, 0.05) is 18.0 Å². The molecule has 0 amide bonds. The first-order valence-corrected chi connectivity index (χ1v) is 9.69. The van der Waals surface area contributed by atoms with E-state index in [-0.39, 0.29) is 12.2 Å². The van der Waals surface area contributed by atoms with Crippen LogP contribution in [-0.2, 0) is 12.4 Å². The third-order valence-corrected chi connectivity index (χ3v) is 4.96. The Bertz CT molecular complexity index is 1190. The second-order valence-corrected chi connectivity index (χ2v) is 7.25. The Morgan fingerprint density at radius 3 is 2.93 bits per heavy atom. The van der Waals surface area contributed by atoms with Crippen LogP contribution in [0.5, 0.6) is 5.75 Å². The maximum absolute atomic E-state index is 12.1. The minimum absolute atomic E-state index is 0.116. The van der Waals surface area contributed by atoms with Gasteiger partial charge in [0.15, 0.2) is 6.61 Å². The molecule has 0 atom stereocenters. The summed E-state index contributed by atoms with van der Waals surface area (Å²) >= 11 is 1.33. The molecule has 4 rings (SSSR count). The number of benzene rings is 1. The first kappa shape index (κ1) is 18.2. The van der Waals surface area contributed by atoms with Crippen molar-refractivity contribution in [3.05, 3.63) is 81.7 Å². The quantitative estimate of drug-likeness (QED) is 0.462. The van der Waals surface area contributed by atoms with Crippen LogP contribution in [0, 0.1) is 13.8 Å². The Morgan fingerprint density at radius 1 is 1.14 bits per heavy atom. The second kappa shape index (κ2) is 7.85. The number of aryl methyl sites for hydroxylation is 2. The SMILES string of the molecule is Cc1ccc(C)c(OCc2nnc(SCc3cc(=O)n4ccccc4n3)o2)c1. The van der Waals surface area contributed by atoms with Crippen molar-refractivity contribution < 1.29 is 9.15 Å². The van der Waals surface area contributed by atoms with Gasteiger partial charge in [-0.2, -0.15) is 0 Å². The van der Waals surface area contributed by atoms with Gasteiger partial charge in [-0.05, 0) is 43.2 Å². The zero-order valence-electron chi connectivity index (χ0n) is 15.5. The van der Waals surface area contributed by atoms with Gasteiger partial charge in [0.05, 0.1) is 5.69 Å². The first-order chi connectivity index (χ1) is 13.6. The van der Waals surface area contributed by atoms with E-state index in [0.717, 1.165) is 16.9 Å². The van der Waals surface area contributed by atoms with E-state index in [9.17, 15) is 4.79 Å². The van der Waals surface area contributed by atoms with Gasteiger partial charge < -0.3 is 9.15 Å². The largest absolute Gasteiger partial charge is 0.484 e. The Labute approximate surface area is 165 Å². The molecule has 0 unspecified atom stereocenters. The van der Waals surface area contributed by atoms with Crippen LogP contribution in [0.3, 0.4) is 0 Å². The lowest BCUT2D eigenvalue weighted by Crippen LogP contribution is -2.14. The van der Waals surface area contributed by atoms with Gasteiger partial charge in [0.1, 0.15) is 11.4 Å². The van der Waals surface area contributed by atoms with E-state index < -0.39 is 0 Å². The maximum Gasteiger partial charge on any atom is 0.277 e. The van der Waals surface area contributed by atoms with Gasteiger partial charge in [-0.15, -0.1) is 10.2 Å². The Kier molecular flexibility index (Phi) is 5.12. The van der Waals surface area contributed by atoms with E-state index in [0.29, 0.717) is 28.2 Å². The lowest BCUT2D eigenvalue weighted by molar-refractivity contribution is 0.250. The maximum atomic E-state index is 12.1. The fourth-order valence-corrected chi connectivity index (χ4v) is 3.34. The molecule has 0 aliphatic carbocycles. The molecular weight excluding hydrogens is 376 g/mol. The molecule has 1 aromatic carbocycles. The standard InChI is InChI=1S/C20H18N4O3S/c1-13-6-7-14(2)16(9-13)26-11-18-22-23-20(27-18)28-12-15-10-19(25)24-8-4-3-5-17(24)21-15/h3-10H,11-12H2,1-2H3. The second-order valence-electron chi connectivity index (χ2n) is 6.32. The summed E-state index contributed by atoms with van der Waals surface area (Å²) in [5.74, 6) is 1.66. The number of hydrogen-bond acceptors (Lipinski definition) is 7. The first-order valence-electron chi connectivity index (χ1n) is 8.71. The molecule has 0 saturated heterocycles. The van der Waals surface area contributed by atoms with E-state index >= 15 is 0 Å². The molecule has 3 heterocycles. The molecule has 0 saturated carbocycles. The Morgan fingerprint density at radius 2 is 2.04 bits per heavy atom. The molecule has 0 radical (unpaired) electrons. The minimum Gasteiger partial charge on any atom is -0.484 e. The molecule has 0 N–H and O–H groups in total. The molecule has 0 bridgehead atoms. The summed E-state index contributed by atoms with van der Waals surface area (Å²) in [6, 6.07) is 13.0. The summed E-state index contributed by atoms with van der Waals surface area (Å²) in [4.78, 5) is 16.6. The summed E-state index contributed by atoms with van der Waals surface area (Å²) in [5, 5.41) is 8.45. The number of ether oxygens (including phenoxy) is 1. The van der Waals surface area contributed by atoms with Crippen LogP contribution >= 0.6 is 11.8 Å². The Hall–Kier alpha value is -3.13. The number of aromatic nitrogens is 4. The smallest absolute Gasteiger partial charge is 0.277 e. The van der Waals surface area contributed by atoms with Crippen molar-refractivity contribution in [1.29, 1.82) is 0 Å². The molecule has 7 nitrogen and oxygen atoms in total. The average Bonchev–Trinajstić information content (AvgIpc) is 3.15. The van der Waals surface area contributed by atoms with Crippen LogP contribution in [-0.4, -0.2) is 19.6 Å². The van der Waals surface area contributed by atoms with E-state index in [1.165, 1.54) is 22.2 Å². The van der Waals surface area contributed by atoms with E-state index in [4.69, 9.17) is 9.15 Å². The van der Waals surface area contributed by atoms with Gasteiger partial charge in [-0.1, -0.05) is 30.0 Å². The summed E-state index contributed by atoms with van der Waals surface area (Å²) in [6.07, 6.45) is 1.70. The van der Waals surface area contributed by atoms with Crippen molar-refractivity contribution >= 4 is 17.4 Å². The number of hydrogen-bond donors (Lipinski definition) is 0. The minimum atomic E-state index is -0.116. The summed E-state index contributed by atoms with van der Waals surface area (Å²) in [5.41, 5.74) is 3.33. The monoisotopic (exact) mass is 394 g/mol. The highest BCUT2D eigenvalue weighted by atomic mass is 32.2. The van der Waals surface area contributed by atoms with Crippen molar-refractivity contribution in [3.8, 4) is 5.75 Å². The predicted molar refractivity (Wildman–Crippen MR) is 106 cm³/mol. The normalized spacial score (nSPS) is 11.1. The van der Waals surface area contributed by atoms with Crippen LogP contribution in [0.1, 0.15) is 22.7 Å². The predicted octanol–water partition coefficient (Wildman–Crippen LogP) is 3.57. The van der Waals surface area contributed by atoms with Gasteiger partial charge in [-0.3, -0.25) is 9.20 Å². The average molecular weight is 394 g/mol.